The van der Waals surface area contributed by atoms with Crippen LogP contribution in [0, 0.1) is 0 Å². The first-order valence-electron chi connectivity index (χ1n) is 9.51. The number of nitrogen functional groups attached to an aromatic ring is 1. The van der Waals surface area contributed by atoms with Crippen LogP contribution in [0.5, 0.6) is 11.5 Å². The highest BCUT2D eigenvalue weighted by atomic mass is 32.2. The van der Waals surface area contributed by atoms with E-state index in [-0.39, 0.29) is 6.79 Å². The summed E-state index contributed by atoms with van der Waals surface area (Å²) >= 11 is 1.53. The molecule has 0 aliphatic carbocycles. The van der Waals surface area contributed by atoms with Gasteiger partial charge in [-0.1, -0.05) is 38.3 Å². The van der Waals surface area contributed by atoms with E-state index in [0.29, 0.717) is 17.4 Å². The second kappa shape index (κ2) is 8.30. The van der Waals surface area contributed by atoms with E-state index < -0.39 is 0 Å². The van der Waals surface area contributed by atoms with Crippen LogP contribution in [0.4, 0.5) is 5.82 Å². The van der Waals surface area contributed by atoms with Crippen molar-refractivity contribution in [3.05, 3.63) is 30.6 Å². The minimum atomic E-state index is 0.230. The van der Waals surface area contributed by atoms with Crippen molar-refractivity contribution in [1.29, 1.82) is 0 Å². The van der Waals surface area contributed by atoms with E-state index in [1.54, 1.807) is 6.08 Å². The van der Waals surface area contributed by atoms with E-state index in [9.17, 15) is 0 Å². The quantitative estimate of drug-likeness (QED) is 0.544. The Bertz CT molecular complexity index is 1050. The fourth-order valence-corrected chi connectivity index (χ4v) is 4.17. The van der Waals surface area contributed by atoms with Crippen molar-refractivity contribution in [1.82, 2.24) is 24.8 Å². The number of hydrogen-bond donors (Lipinski definition) is 2. The number of anilines is 1. The van der Waals surface area contributed by atoms with Gasteiger partial charge in [0.1, 0.15) is 6.33 Å². The summed E-state index contributed by atoms with van der Waals surface area (Å²) in [6, 6.07) is 4.35. The van der Waals surface area contributed by atoms with Gasteiger partial charge in [0.05, 0.1) is 0 Å². The van der Waals surface area contributed by atoms with Crippen LogP contribution in [0.2, 0.25) is 0 Å². The van der Waals surface area contributed by atoms with Gasteiger partial charge in [-0.05, 0) is 30.7 Å². The van der Waals surface area contributed by atoms with Crippen molar-refractivity contribution in [2.75, 3.05) is 19.1 Å². The number of aromatic nitrogens is 4. The van der Waals surface area contributed by atoms with Gasteiger partial charge in [0.25, 0.3) is 0 Å². The van der Waals surface area contributed by atoms with E-state index in [0.717, 1.165) is 52.3 Å². The van der Waals surface area contributed by atoms with Gasteiger partial charge in [0.15, 0.2) is 33.6 Å². The molecule has 2 aromatic heterocycles. The van der Waals surface area contributed by atoms with Gasteiger partial charge in [-0.25, -0.2) is 15.0 Å². The Kier molecular flexibility index (Phi) is 5.59. The van der Waals surface area contributed by atoms with E-state index in [2.05, 4.69) is 40.3 Å². The fourth-order valence-electron chi connectivity index (χ4n) is 3.13. The molecule has 152 valence electrons. The number of nitrogens with two attached hydrogens (primary N) is 1. The Morgan fingerprint density at radius 1 is 1.31 bits per heavy atom. The monoisotopic (exact) mass is 412 g/mol. The van der Waals surface area contributed by atoms with Crippen LogP contribution in [0.1, 0.15) is 25.8 Å². The third-order valence-corrected chi connectivity index (χ3v) is 5.63. The number of benzene rings is 1. The molecule has 1 aliphatic rings. The molecule has 4 rings (SSSR count). The lowest BCUT2D eigenvalue weighted by Crippen LogP contribution is -2.24. The Hall–Kier alpha value is -2.78. The molecule has 0 amide bonds. The summed E-state index contributed by atoms with van der Waals surface area (Å²) in [4.78, 5) is 14.2. The molecule has 3 heterocycles. The van der Waals surface area contributed by atoms with E-state index >= 15 is 0 Å². The van der Waals surface area contributed by atoms with Crippen LogP contribution in [-0.4, -0.2) is 38.9 Å². The largest absolute Gasteiger partial charge is 0.454 e. The zero-order valence-electron chi connectivity index (χ0n) is 16.5. The van der Waals surface area contributed by atoms with E-state index in [4.69, 9.17) is 20.2 Å². The summed E-state index contributed by atoms with van der Waals surface area (Å²) < 4.78 is 13.1. The maximum Gasteiger partial charge on any atom is 0.231 e. The molecule has 1 aliphatic heterocycles. The van der Waals surface area contributed by atoms with Crippen LogP contribution in [-0.2, 0) is 6.54 Å². The van der Waals surface area contributed by atoms with Gasteiger partial charge in [0, 0.05) is 17.5 Å². The van der Waals surface area contributed by atoms with Gasteiger partial charge in [-0.2, -0.15) is 0 Å². The van der Waals surface area contributed by atoms with Crippen molar-refractivity contribution < 1.29 is 9.47 Å². The highest BCUT2D eigenvalue weighted by molar-refractivity contribution is 7.99. The molecular weight excluding hydrogens is 388 g/mol. The van der Waals surface area contributed by atoms with Crippen LogP contribution in [0.25, 0.3) is 17.2 Å². The molecule has 8 nitrogen and oxygen atoms in total. The predicted molar refractivity (Wildman–Crippen MR) is 114 cm³/mol. The molecule has 0 saturated carbocycles. The topological polar surface area (TPSA) is 100 Å². The van der Waals surface area contributed by atoms with E-state index in [1.807, 2.05) is 12.1 Å². The summed E-state index contributed by atoms with van der Waals surface area (Å²) in [5.74, 6) is 1.83. The zero-order valence-corrected chi connectivity index (χ0v) is 17.3. The van der Waals surface area contributed by atoms with Crippen LogP contribution in [0.15, 0.2) is 35.1 Å². The molecule has 0 unspecified atom stereocenters. The lowest BCUT2D eigenvalue weighted by Gasteiger charge is -2.12. The number of fused-ring (bicyclic) bond motifs is 2. The van der Waals surface area contributed by atoms with Crippen LogP contribution in [0.3, 0.4) is 0 Å². The summed E-state index contributed by atoms with van der Waals surface area (Å²) in [7, 11) is 0. The third kappa shape index (κ3) is 4.01. The number of nitrogens with one attached hydrogen (secondary N) is 1. The lowest BCUT2D eigenvalue weighted by atomic mass is 10.2. The smallest absolute Gasteiger partial charge is 0.231 e. The van der Waals surface area contributed by atoms with Crippen molar-refractivity contribution >= 4 is 34.8 Å². The van der Waals surface area contributed by atoms with Gasteiger partial charge >= 0.3 is 0 Å². The molecular formula is C20H24N6O2S. The second-order valence-electron chi connectivity index (χ2n) is 6.99. The number of aryl methyl sites for hydroxylation is 1. The van der Waals surface area contributed by atoms with Crippen molar-refractivity contribution in [3.8, 4) is 11.5 Å². The van der Waals surface area contributed by atoms with Gasteiger partial charge < -0.3 is 25.1 Å². The first-order valence-corrected chi connectivity index (χ1v) is 10.3. The SMILES string of the molecule is C=Cc1cc2c(cc1Sc1nc3c(N)ncnc3n1CCCNC(C)C)OCO2. The second-order valence-corrected chi connectivity index (χ2v) is 8.00. The van der Waals surface area contributed by atoms with Gasteiger partial charge in [-0.15, -0.1) is 0 Å². The van der Waals surface area contributed by atoms with Crippen molar-refractivity contribution in [3.63, 3.8) is 0 Å². The lowest BCUT2D eigenvalue weighted by molar-refractivity contribution is 0.174. The molecule has 0 radical (unpaired) electrons. The standard InChI is InChI=1S/C20H24N6O2S/c1-4-13-8-14-15(28-11-27-14)9-16(13)29-20-25-17-18(21)23-10-24-19(17)26(20)7-5-6-22-12(2)3/h4,8-10,12,22H,1,5-7,11H2,2-3H3,(H2,21,23,24). The molecule has 3 aromatic rings. The Morgan fingerprint density at radius 2 is 2.10 bits per heavy atom. The first-order chi connectivity index (χ1) is 14.1. The number of nitrogens with zero attached hydrogens (tertiary/aromatic N) is 4. The molecule has 0 spiro atoms. The van der Waals surface area contributed by atoms with Gasteiger partial charge in [-0.3, -0.25) is 0 Å². The Balaban J connectivity index is 1.69. The first kappa shape index (κ1) is 19.5. The van der Waals surface area contributed by atoms with Crippen LogP contribution >= 0.6 is 11.8 Å². The zero-order chi connectivity index (χ0) is 20.4. The summed E-state index contributed by atoms with van der Waals surface area (Å²) in [5, 5.41) is 4.25. The Labute approximate surface area is 173 Å². The van der Waals surface area contributed by atoms with Crippen molar-refractivity contribution in [2.45, 2.75) is 42.9 Å². The van der Waals surface area contributed by atoms with E-state index in [1.165, 1.54) is 18.1 Å². The molecule has 0 bridgehead atoms. The maximum atomic E-state index is 6.05. The number of imidazole rings is 1. The highest BCUT2D eigenvalue weighted by Crippen LogP contribution is 2.41. The average molecular weight is 413 g/mol. The minimum Gasteiger partial charge on any atom is -0.454 e. The molecule has 0 fully saturated rings. The van der Waals surface area contributed by atoms with Crippen molar-refractivity contribution in [2.24, 2.45) is 0 Å². The molecule has 0 atom stereocenters. The number of rotatable bonds is 8. The summed E-state index contributed by atoms with van der Waals surface area (Å²) in [6.07, 6.45) is 4.22. The predicted octanol–water partition coefficient (Wildman–Crippen LogP) is 3.32. The normalized spacial score (nSPS) is 12.8. The minimum absolute atomic E-state index is 0.230. The average Bonchev–Trinajstić information content (AvgIpc) is 3.29. The maximum absolute atomic E-state index is 6.05. The molecule has 0 saturated heterocycles. The molecule has 29 heavy (non-hydrogen) atoms. The van der Waals surface area contributed by atoms with Crippen LogP contribution < -0.4 is 20.5 Å². The molecule has 9 heteroatoms. The van der Waals surface area contributed by atoms with Gasteiger partial charge in [0.2, 0.25) is 6.79 Å². The third-order valence-electron chi connectivity index (χ3n) is 4.56. The number of ether oxygens (including phenoxy) is 2. The fraction of sp³-hybridized carbons (Fsp3) is 0.350. The molecule has 3 N–H and O–H groups in total. The highest BCUT2D eigenvalue weighted by Gasteiger charge is 2.20. The summed E-state index contributed by atoms with van der Waals surface area (Å²) in [6.45, 7) is 10.1. The molecule has 1 aromatic carbocycles. The summed E-state index contributed by atoms with van der Waals surface area (Å²) in [5.41, 5.74) is 8.37. The number of hydrogen-bond acceptors (Lipinski definition) is 8. The Morgan fingerprint density at radius 3 is 2.86 bits per heavy atom.